The molecule has 0 fully saturated rings. The van der Waals surface area contributed by atoms with E-state index in [1.54, 1.807) is 11.3 Å². The first-order chi connectivity index (χ1) is 9.45. The minimum Gasteiger partial charge on any atom is -0.380 e. The lowest BCUT2D eigenvalue weighted by atomic mass is 10.1. The molecule has 0 spiro atoms. The number of rotatable bonds is 4. The SMILES string of the molecule is CC(=O)Nc1cc(NCc2cc(Br)c(Br)s2)ccc1C. The molecule has 0 saturated heterocycles. The standard InChI is InChI=1S/C14H14Br2N2OS/c1-8-3-4-10(5-13(8)18-9(2)19)17-7-11-6-12(15)14(16)20-11/h3-6,17H,7H2,1-2H3,(H,18,19). The van der Waals surface area contributed by atoms with Crippen molar-refractivity contribution < 1.29 is 4.79 Å². The Morgan fingerprint density at radius 3 is 2.65 bits per heavy atom. The Kier molecular flexibility index (Phi) is 5.23. The maximum atomic E-state index is 11.2. The Bertz CT molecular complexity index is 621. The zero-order chi connectivity index (χ0) is 14.7. The molecular weight excluding hydrogens is 404 g/mol. The van der Waals surface area contributed by atoms with Crippen LogP contribution in [0.3, 0.4) is 0 Å². The number of halogens is 2. The van der Waals surface area contributed by atoms with E-state index in [9.17, 15) is 4.79 Å². The Balaban J connectivity index is 2.07. The molecule has 0 unspecified atom stereocenters. The van der Waals surface area contributed by atoms with E-state index in [1.807, 2.05) is 25.1 Å². The van der Waals surface area contributed by atoms with Gasteiger partial charge in [0.1, 0.15) is 0 Å². The first-order valence-electron chi connectivity index (χ1n) is 6.01. The number of aryl methyl sites for hydroxylation is 1. The molecule has 106 valence electrons. The smallest absolute Gasteiger partial charge is 0.221 e. The van der Waals surface area contributed by atoms with Gasteiger partial charge in [0.15, 0.2) is 0 Å². The van der Waals surface area contributed by atoms with Gasteiger partial charge in [0, 0.05) is 34.2 Å². The van der Waals surface area contributed by atoms with Gasteiger partial charge >= 0.3 is 0 Å². The second kappa shape index (κ2) is 6.74. The molecule has 0 bridgehead atoms. The van der Waals surface area contributed by atoms with Crippen LogP contribution in [0.2, 0.25) is 0 Å². The molecule has 20 heavy (non-hydrogen) atoms. The zero-order valence-electron chi connectivity index (χ0n) is 11.1. The van der Waals surface area contributed by atoms with Crippen molar-refractivity contribution in [2.75, 3.05) is 10.6 Å². The van der Waals surface area contributed by atoms with Gasteiger partial charge in [0.05, 0.1) is 3.79 Å². The lowest BCUT2D eigenvalue weighted by molar-refractivity contribution is -0.114. The Hall–Kier alpha value is -0.850. The summed E-state index contributed by atoms with van der Waals surface area (Å²) in [6.07, 6.45) is 0. The first-order valence-corrected chi connectivity index (χ1v) is 8.42. The van der Waals surface area contributed by atoms with Crippen molar-refractivity contribution >= 4 is 60.5 Å². The second-order valence-electron chi connectivity index (χ2n) is 4.40. The summed E-state index contributed by atoms with van der Waals surface area (Å²) in [7, 11) is 0. The van der Waals surface area contributed by atoms with Crippen LogP contribution in [0.4, 0.5) is 11.4 Å². The van der Waals surface area contributed by atoms with Gasteiger partial charge in [-0.2, -0.15) is 0 Å². The zero-order valence-corrected chi connectivity index (χ0v) is 15.1. The van der Waals surface area contributed by atoms with Crippen LogP contribution in [-0.2, 0) is 11.3 Å². The minimum absolute atomic E-state index is 0.0589. The predicted octanol–water partition coefficient (Wildman–Crippen LogP) is 5.15. The van der Waals surface area contributed by atoms with E-state index < -0.39 is 0 Å². The van der Waals surface area contributed by atoms with E-state index in [2.05, 4.69) is 48.6 Å². The summed E-state index contributed by atoms with van der Waals surface area (Å²) in [6, 6.07) is 8.05. The lowest BCUT2D eigenvalue weighted by Gasteiger charge is -2.10. The average Bonchev–Trinajstić information content (AvgIpc) is 2.69. The van der Waals surface area contributed by atoms with Crippen molar-refractivity contribution in [2.24, 2.45) is 0 Å². The number of anilines is 2. The van der Waals surface area contributed by atoms with E-state index in [-0.39, 0.29) is 5.91 Å². The molecule has 2 aromatic rings. The highest BCUT2D eigenvalue weighted by Crippen LogP contribution is 2.32. The van der Waals surface area contributed by atoms with Crippen molar-refractivity contribution in [3.63, 3.8) is 0 Å². The summed E-state index contributed by atoms with van der Waals surface area (Å²) in [6.45, 7) is 4.24. The summed E-state index contributed by atoms with van der Waals surface area (Å²) in [4.78, 5) is 12.4. The third-order valence-corrected chi connectivity index (χ3v) is 5.97. The van der Waals surface area contributed by atoms with Crippen LogP contribution in [0.1, 0.15) is 17.4 Å². The molecule has 0 atom stereocenters. The van der Waals surface area contributed by atoms with Gasteiger partial charge in [-0.25, -0.2) is 0 Å². The molecule has 1 aromatic carbocycles. The fraction of sp³-hybridized carbons (Fsp3) is 0.214. The molecule has 2 rings (SSSR count). The number of benzene rings is 1. The van der Waals surface area contributed by atoms with Gasteiger partial charge < -0.3 is 10.6 Å². The van der Waals surface area contributed by atoms with Crippen molar-refractivity contribution in [3.05, 3.63) is 43.0 Å². The van der Waals surface area contributed by atoms with Gasteiger partial charge in [-0.05, 0) is 62.5 Å². The predicted molar refractivity (Wildman–Crippen MR) is 92.5 cm³/mol. The van der Waals surface area contributed by atoms with E-state index in [4.69, 9.17) is 0 Å². The molecule has 1 amide bonds. The molecule has 0 saturated carbocycles. The molecule has 2 N–H and O–H groups in total. The van der Waals surface area contributed by atoms with Crippen LogP contribution in [0.15, 0.2) is 32.5 Å². The van der Waals surface area contributed by atoms with Crippen molar-refractivity contribution in [1.82, 2.24) is 0 Å². The highest BCUT2D eigenvalue weighted by molar-refractivity contribution is 9.13. The highest BCUT2D eigenvalue weighted by Gasteiger charge is 2.05. The van der Waals surface area contributed by atoms with Crippen molar-refractivity contribution in [2.45, 2.75) is 20.4 Å². The Morgan fingerprint density at radius 2 is 2.05 bits per heavy atom. The third-order valence-electron chi connectivity index (χ3n) is 2.71. The van der Waals surface area contributed by atoms with Crippen LogP contribution in [0, 0.1) is 6.92 Å². The van der Waals surface area contributed by atoms with Crippen molar-refractivity contribution in [1.29, 1.82) is 0 Å². The molecule has 1 heterocycles. The molecular formula is C14H14Br2N2OS. The number of carbonyl (C=O) groups excluding carboxylic acids is 1. The van der Waals surface area contributed by atoms with Gasteiger partial charge in [0.2, 0.25) is 5.91 Å². The summed E-state index contributed by atoms with van der Waals surface area (Å²) < 4.78 is 2.17. The van der Waals surface area contributed by atoms with Crippen molar-refractivity contribution in [3.8, 4) is 0 Å². The van der Waals surface area contributed by atoms with Crippen LogP contribution < -0.4 is 10.6 Å². The average molecular weight is 418 g/mol. The maximum absolute atomic E-state index is 11.2. The monoisotopic (exact) mass is 416 g/mol. The summed E-state index contributed by atoms with van der Waals surface area (Å²) in [5.41, 5.74) is 2.88. The van der Waals surface area contributed by atoms with Gasteiger partial charge in [-0.1, -0.05) is 6.07 Å². The fourth-order valence-corrected chi connectivity index (χ4v) is 3.84. The van der Waals surface area contributed by atoms with Crippen LogP contribution in [-0.4, -0.2) is 5.91 Å². The van der Waals surface area contributed by atoms with Crippen LogP contribution >= 0.6 is 43.2 Å². The van der Waals surface area contributed by atoms with Crippen LogP contribution in [0.25, 0.3) is 0 Å². The highest BCUT2D eigenvalue weighted by atomic mass is 79.9. The Morgan fingerprint density at radius 1 is 1.30 bits per heavy atom. The number of hydrogen-bond acceptors (Lipinski definition) is 3. The quantitative estimate of drug-likeness (QED) is 0.721. The second-order valence-corrected chi connectivity index (χ2v) is 7.71. The molecule has 1 aromatic heterocycles. The van der Waals surface area contributed by atoms with Gasteiger partial charge in [0.25, 0.3) is 0 Å². The van der Waals surface area contributed by atoms with Gasteiger partial charge in [-0.3, -0.25) is 4.79 Å². The number of thiophene rings is 1. The Labute approximate surface area is 139 Å². The summed E-state index contributed by atoms with van der Waals surface area (Å²) >= 11 is 8.65. The minimum atomic E-state index is -0.0589. The van der Waals surface area contributed by atoms with E-state index in [1.165, 1.54) is 11.8 Å². The van der Waals surface area contributed by atoms with Gasteiger partial charge in [-0.15, -0.1) is 11.3 Å². The van der Waals surface area contributed by atoms with Crippen LogP contribution in [0.5, 0.6) is 0 Å². The molecule has 3 nitrogen and oxygen atoms in total. The van der Waals surface area contributed by atoms with E-state index >= 15 is 0 Å². The summed E-state index contributed by atoms with van der Waals surface area (Å²) in [5.74, 6) is -0.0589. The molecule has 0 radical (unpaired) electrons. The number of amides is 1. The first kappa shape index (κ1) is 15.5. The molecule has 6 heteroatoms. The molecule has 0 aliphatic carbocycles. The van der Waals surface area contributed by atoms with E-state index in [0.29, 0.717) is 0 Å². The normalized spacial score (nSPS) is 10.4. The maximum Gasteiger partial charge on any atom is 0.221 e. The molecule has 0 aliphatic rings. The number of hydrogen-bond donors (Lipinski definition) is 2. The largest absolute Gasteiger partial charge is 0.380 e. The lowest BCUT2D eigenvalue weighted by Crippen LogP contribution is -2.08. The third kappa shape index (κ3) is 4.07. The number of nitrogens with one attached hydrogen (secondary N) is 2. The topological polar surface area (TPSA) is 41.1 Å². The summed E-state index contributed by atoms with van der Waals surface area (Å²) in [5, 5.41) is 6.19. The number of carbonyl (C=O) groups is 1. The van der Waals surface area contributed by atoms with E-state index in [0.717, 1.165) is 31.7 Å². The molecule has 0 aliphatic heterocycles. The fourth-order valence-electron chi connectivity index (χ4n) is 1.72.